The summed E-state index contributed by atoms with van der Waals surface area (Å²) in [5.41, 5.74) is 0. The Kier molecular flexibility index (Phi) is 4.78. The molecule has 4 heteroatoms. The molecule has 0 spiro atoms. The number of cyclic esters (lactones) is 1. The Balaban J connectivity index is 2.03. The van der Waals surface area contributed by atoms with Crippen LogP contribution in [-0.4, -0.2) is 35.5 Å². The molecule has 2 aliphatic heterocycles. The van der Waals surface area contributed by atoms with Crippen molar-refractivity contribution >= 4 is 5.97 Å². The molecule has 1 fully saturated rings. The summed E-state index contributed by atoms with van der Waals surface area (Å²) >= 11 is 0. The maximum Gasteiger partial charge on any atom is 0.308 e. The summed E-state index contributed by atoms with van der Waals surface area (Å²) in [7, 11) is 0. The van der Waals surface area contributed by atoms with Crippen LogP contribution < -0.4 is 0 Å². The minimum Gasteiger partial charge on any atom is -0.463 e. The first-order chi connectivity index (χ1) is 8.65. The molecule has 4 atom stereocenters. The van der Waals surface area contributed by atoms with Crippen LogP contribution in [0, 0.1) is 0 Å². The smallest absolute Gasteiger partial charge is 0.308 e. The van der Waals surface area contributed by atoms with Crippen LogP contribution in [0.5, 0.6) is 0 Å². The molecule has 0 saturated carbocycles. The fourth-order valence-electron chi connectivity index (χ4n) is 2.50. The van der Waals surface area contributed by atoms with Crippen molar-refractivity contribution in [2.75, 3.05) is 0 Å². The molecule has 0 aliphatic carbocycles. The van der Waals surface area contributed by atoms with Crippen LogP contribution in [0.1, 0.15) is 45.4 Å². The van der Waals surface area contributed by atoms with E-state index in [4.69, 9.17) is 9.47 Å². The van der Waals surface area contributed by atoms with Gasteiger partial charge in [0.15, 0.2) is 0 Å². The number of carbonyl (C=O) groups is 1. The fourth-order valence-corrected chi connectivity index (χ4v) is 2.50. The molecule has 2 heterocycles. The lowest BCUT2D eigenvalue weighted by molar-refractivity contribution is -0.160. The summed E-state index contributed by atoms with van der Waals surface area (Å²) < 4.78 is 11.0. The minimum absolute atomic E-state index is 0.0306. The van der Waals surface area contributed by atoms with Gasteiger partial charge in [0.05, 0.1) is 30.8 Å². The van der Waals surface area contributed by atoms with Crippen molar-refractivity contribution in [1.82, 2.24) is 0 Å². The lowest BCUT2D eigenvalue weighted by Crippen LogP contribution is -2.40. The Hall–Kier alpha value is -0.870. The van der Waals surface area contributed by atoms with Gasteiger partial charge in [-0.15, -0.1) is 0 Å². The van der Waals surface area contributed by atoms with Gasteiger partial charge in [0.25, 0.3) is 0 Å². The molecule has 0 radical (unpaired) electrons. The van der Waals surface area contributed by atoms with Gasteiger partial charge in [0.2, 0.25) is 0 Å². The molecule has 18 heavy (non-hydrogen) atoms. The molecule has 0 aromatic carbocycles. The maximum atomic E-state index is 11.7. The molecule has 1 N–H and O–H groups in total. The average molecular weight is 254 g/mol. The highest BCUT2D eigenvalue weighted by atomic mass is 16.5. The predicted molar refractivity (Wildman–Crippen MR) is 67.1 cm³/mol. The van der Waals surface area contributed by atoms with Crippen LogP contribution >= 0.6 is 0 Å². The highest BCUT2D eigenvalue weighted by molar-refractivity contribution is 5.70. The van der Waals surface area contributed by atoms with E-state index in [9.17, 15) is 9.90 Å². The van der Waals surface area contributed by atoms with Crippen molar-refractivity contribution in [3.63, 3.8) is 0 Å². The van der Waals surface area contributed by atoms with Crippen molar-refractivity contribution in [2.45, 2.75) is 69.9 Å². The van der Waals surface area contributed by atoms with Crippen molar-refractivity contribution in [3.05, 3.63) is 12.2 Å². The maximum absolute atomic E-state index is 11.7. The molecule has 0 unspecified atom stereocenters. The molecule has 4 nitrogen and oxygen atoms in total. The van der Waals surface area contributed by atoms with Gasteiger partial charge in [-0.05, 0) is 39.0 Å². The zero-order valence-electron chi connectivity index (χ0n) is 10.9. The van der Waals surface area contributed by atoms with Gasteiger partial charge in [-0.3, -0.25) is 4.79 Å². The van der Waals surface area contributed by atoms with Crippen LogP contribution in [0.25, 0.3) is 0 Å². The van der Waals surface area contributed by atoms with Crippen molar-refractivity contribution in [3.8, 4) is 0 Å². The van der Waals surface area contributed by atoms with Crippen LogP contribution in [-0.2, 0) is 14.3 Å². The van der Waals surface area contributed by atoms with Gasteiger partial charge in [-0.25, -0.2) is 0 Å². The van der Waals surface area contributed by atoms with Crippen molar-refractivity contribution < 1.29 is 19.4 Å². The molecule has 2 rings (SSSR count). The summed E-state index contributed by atoms with van der Waals surface area (Å²) in [6.07, 6.45) is 7.73. The molecular weight excluding hydrogens is 232 g/mol. The lowest BCUT2D eigenvalue weighted by atomic mass is 9.98. The van der Waals surface area contributed by atoms with E-state index in [1.54, 1.807) is 0 Å². The lowest BCUT2D eigenvalue weighted by Gasteiger charge is -2.32. The Labute approximate surface area is 108 Å². The van der Waals surface area contributed by atoms with Crippen LogP contribution in [0.2, 0.25) is 0 Å². The average Bonchev–Trinajstić information content (AvgIpc) is 2.31. The van der Waals surface area contributed by atoms with Crippen LogP contribution in [0.4, 0.5) is 0 Å². The zero-order chi connectivity index (χ0) is 13.0. The van der Waals surface area contributed by atoms with Crippen molar-refractivity contribution in [2.24, 2.45) is 0 Å². The predicted octanol–water partition coefficient (Wildman–Crippen LogP) is 1.96. The SMILES string of the molecule is C[C@H]1CCC/C=C\[C@H]2CC[C@H](O)[C@H](CC(=O)O1)O2. The van der Waals surface area contributed by atoms with Crippen LogP contribution in [0.3, 0.4) is 0 Å². The monoisotopic (exact) mass is 254 g/mol. The third kappa shape index (κ3) is 3.82. The van der Waals surface area contributed by atoms with Gasteiger partial charge >= 0.3 is 5.97 Å². The third-order valence-electron chi connectivity index (χ3n) is 3.56. The van der Waals surface area contributed by atoms with Gasteiger partial charge in [-0.1, -0.05) is 12.2 Å². The van der Waals surface area contributed by atoms with E-state index >= 15 is 0 Å². The summed E-state index contributed by atoms with van der Waals surface area (Å²) in [5.74, 6) is -0.267. The Morgan fingerprint density at radius 2 is 2.17 bits per heavy atom. The van der Waals surface area contributed by atoms with E-state index in [2.05, 4.69) is 12.2 Å². The summed E-state index contributed by atoms with van der Waals surface area (Å²) in [6, 6.07) is 0. The van der Waals surface area contributed by atoms with E-state index in [1.807, 2.05) is 6.92 Å². The number of hydrogen-bond acceptors (Lipinski definition) is 4. The van der Waals surface area contributed by atoms with E-state index in [0.717, 1.165) is 25.7 Å². The highest BCUT2D eigenvalue weighted by Gasteiger charge is 2.31. The molecule has 1 saturated heterocycles. The first kappa shape index (κ1) is 13.6. The number of aliphatic hydroxyl groups is 1. The first-order valence-electron chi connectivity index (χ1n) is 6.85. The number of aliphatic hydroxyl groups excluding tert-OH is 1. The standard InChI is InChI=1S/C14H22O4/c1-10-5-3-2-4-6-11-7-8-12(15)13(18-11)9-14(16)17-10/h4,6,10-13,15H,2-3,5,7-9H2,1H3/b6-4-/t10-,11-,12-,13-/m0/s1. The Bertz CT molecular complexity index is 313. The van der Waals surface area contributed by atoms with E-state index in [1.165, 1.54) is 0 Å². The van der Waals surface area contributed by atoms with Gasteiger partial charge in [-0.2, -0.15) is 0 Å². The topological polar surface area (TPSA) is 55.8 Å². The molecular formula is C14H22O4. The number of fused-ring (bicyclic) bond motifs is 2. The van der Waals surface area contributed by atoms with E-state index < -0.39 is 12.2 Å². The molecule has 0 amide bonds. The largest absolute Gasteiger partial charge is 0.463 e. The second-order valence-corrected chi connectivity index (χ2v) is 5.22. The number of carbonyl (C=O) groups excluding carboxylic acids is 1. The third-order valence-corrected chi connectivity index (χ3v) is 3.56. The minimum atomic E-state index is -0.555. The van der Waals surface area contributed by atoms with E-state index in [-0.39, 0.29) is 24.6 Å². The molecule has 2 bridgehead atoms. The van der Waals surface area contributed by atoms with Crippen LogP contribution in [0.15, 0.2) is 12.2 Å². The number of hydrogen-bond donors (Lipinski definition) is 1. The zero-order valence-corrected chi connectivity index (χ0v) is 10.9. The molecule has 0 aromatic heterocycles. The fraction of sp³-hybridized carbons (Fsp3) is 0.786. The highest BCUT2D eigenvalue weighted by Crippen LogP contribution is 2.24. The van der Waals surface area contributed by atoms with Gasteiger partial charge < -0.3 is 14.6 Å². The molecule has 2 aliphatic rings. The molecule has 102 valence electrons. The number of allylic oxidation sites excluding steroid dienone is 1. The Morgan fingerprint density at radius 1 is 1.33 bits per heavy atom. The second kappa shape index (κ2) is 6.34. The second-order valence-electron chi connectivity index (χ2n) is 5.22. The van der Waals surface area contributed by atoms with Gasteiger partial charge in [0.1, 0.15) is 0 Å². The molecule has 0 aromatic rings. The normalized spacial score (nSPS) is 40.2. The number of rotatable bonds is 0. The number of esters is 1. The summed E-state index contributed by atoms with van der Waals surface area (Å²) in [5, 5.41) is 9.85. The summed E-state index contributed by atoms with van der Waals surface area (Å²) in [4.78, 5) is 11.7. The quantitative estimate of drug-likeness (QED) is 0.530. The van der Waals surface area contributed by atoms with E-state index in [0.29, 0.717) is 6.42 Å². The van der Waals surface area contributed by atoms with Crippen molar-refractivity contribution in [1.29, 1.82) is 0 Å². The number of ether oxygens (including phenoxy) is 2. The Morgan fingerprint density at radius 3 is 3.00 bits per heavy atom. The van der Waals surface area contributed by atoms with Gasteiger partial charge in [0, 0.05) is 0 Å². The summed E-state index contributed by atoms with van der Waals surface area (Å²) in [6.45, 7) is 1.91. The first-order valence-corrected chi connectivity index (χ1v) is 6.85.